The molecular formula is C16H20FN3O2. The van der Waals surface area contributed by atoms with Gasteiger partial charge < -0.3 is 14.5 Å². The van der Waals surface area contributed by atoms with Crippen LogP contribution in [0.25, 0.3) is 0 Å². The van der Waals surface area contributed by atoms with Gasteiger partial charge in [0.25, 0.3) is 0 Å². The Hall–Kier alpha value is -1.95. The second-order valence-electron chi connectivity index (χ2n) is 6.05. The molecule has 0 atom stereocenters. The normalized spacial score (nSPS) is 17.4. The summed E-state index contributed by atoms with van der Waals surface area (Å²) in [4.78, 5) is 0. The summed E-state index contributed by atoms with van der Waals surface area (Å²) < 4.78 is 24.5. The molecule has 3 rings (SSSR count). The highest BCUT2D eigenvalue weighted by atomic mass is 19.1. The summed E-state index contributed by atoms with van der Waals surface area (Å²) in [6, 6.07) is 6.99. The first-order valence-electron chi connectivity index (χ1n) is 7.52. The van der Waals surface area contributed by atoms with Gasteiger partial charge in [-0.05, 0) is 29.9 Å². The van der Waals surface area contributed by atoms with E-state index in [1.54, 1.807) is 18.2 Å². The third kappa shape index (κ3) is 3.62. The zero-order valence-electron chi connectivity index (χ0n) is 12.6. The topological polar surface area (TPSA) is 60.2 Å². The Labute approximate surface area is 128 Å². The number of nitrogens with zero attached hydrogens (tertiary/aromatic N) is 2. The Kier molecular flexibility index (Phi) is 4.38. The highest BCUT2D eigenvalue weighted by molar-refractivity contribution is 5.23. The van der Waals surface area contributed by atoms with Crippen LogP contribution in [-0.4, -0.2) is 30.0 Å². The first-order valence-corrected chi connectivity index (χ1v) is 7.52. The van der Waals surface area contributed by atoms with Crippen molar-refractivity contribution in [2.45, 2.75) is 26.2 Å². The summed E-state index contributed by atoms with van der Waals surface area (Å²) in [7, 11) is 0. The molecule has 0 bridgehead atoms. The number of benzene rings is 1. The average Bonchev–Trinajstić information content (AvgIpc) is 2.96. The quantitative estimate of drug-likeness (QED) is 0.920. The number of nitrogens with one attached hydrogen (secondary N) is 1. The predicted octanol–water partition coefficient (Wildman–Crippen LogP) is 3.03. The van der Waals surface area contributed by atoms with Crippen LogP contribution in [0, 0.1) is 11.2 Å². The molecule has 118 valence electrons. The number of hydrogen-bond acceptors (Lipinski definition) is 5. The standard InChI is InChI=1S/C16H20FN3O2/c1-16(6-8-21-9-7-16)11-18-15-20-19-14(22-15)10-12-4-2-3-5-13(12)17/h2-5H,6-11H2,1H3,(H,18,20). The van der Waals surface area contributed by atoms with Crippen molar-refractivity contribution in [3.63, 3.8) is 0 Å². The summed E-state index contributed by atoms with van der Waals surface area (Å²) in [5.74, 6) is 0.148. The largest absolute Gasteiger partial charge is 0.408 e. The molecule has 0 saturated carbocycles. The Morgan fingerprint density at radius 1 is 1.23 bits per heavy atom. The number of halogens is 1. The van der Waals surface area contributed by atoms with Gasteiger partial charge in [0, 0.05) is 19.8 Å². The molecule has 0 radical (unpaired) electrons. The zero-order chi connectivity index (χ0) is 15.4. The van der Waals surface area contributed by atoms with Crippen LogP contribution in [0.5, 0.6) is 0 Å². The van der Waals surface area contributed by atoms with E-state index in [9.17, 15) is 4.39 Å². The third-order valence-electron chi connectivity index (χ3n) is 4.13. The van der Waals surface area contributed by atoms with Crippen LogP contribution in [0.4, 0.5) is 10.4 Å². The molecule has 0 spiro atoms. The van der Waals surface area contributed by atoms with Gasteiger partial charge in [-0.1, -0.05) is 30.2 Å². The van der Waals surface area contributed by atoms with Crippen molar-refractivity contribution in [3.05, 3.63) is 41.5 Å². The van der Waals surface area contributed by atoms with Crippen molar-refractivity contribution >= 4 is 6.01 Å². The van der Waals surface area contributed by atoms with Crippen molar-refractivity contribution in [3.8, 4) is 0 Å². The lowest BCUT2D eigenvalue weighted by atomic mass is 9.82. The van der Waals surface area contributed by atoms with Crippen molar-refractivity contribution < 1.29 is 13.5 Å². The Morgan fingerprint density at radius 3 is 2.77 bits per heavy atom. The van der Waals surface area contributed by atoms with E-state index >= 15 is 0 Å². The van der Waals surface area contributed by atoms with Crippen LogP contribution < -0.4 is 5.32 Å². The first kappa shape index (κ1) is 15.0. The van der Waals surface area contributed by atoms with Crippen LogP contribution in [0.2, 0.25) is 0 Å². The van der Waals surface area contributed by atoms with Crippen molar-refractivity contribution in [1.82, 2.24) is 10.2 Å². The molecule has 1 aliphatic heterocycles. The highest BCUT2D eigenvalue weighted by Crippen LogP contribution is 2.29. The van der Waals surface area contributed by atoms with E-state index < -0.39 is 0 Å². The minimum Gasteiger partial charge on any atom is -0.408 e. The lowest BCUT2D eigenvalue weighted by Crippen LogP contribution is -2.33. The molecule has 2 aromatic rings. The van der Waals surface area contributed by atoms with Gasteiger partial charge in [0.2, 0.25) is 5.89 Å². The smallest absolute Gasteiger partial charge is 0.315 e. The number of anilines is 1. The fourth-order valence-electron chi connectivity index (χ4n) is 2.53. The zero-order valence-corrected chi connectivity index (χ0v) is 12.6. The molecular weight excluding hydrogens is 285 g/mol. The monoisotopic (exact) mass is 305 g/mol. The van der Waals surface area contributed by atoms with Crippen molar-refractivity contribution in [2.24, 2.45) is 5.41 Å². The number of aromatic nitrogens is 2. The van der Waals surface area contributed by atoms with E-state index in [1.165, 1.54) is 6.07 Å². The summed E-state index contributed by atoms with van der Waals surface area (Å²) >= 11 is 0. The lowest BCUT2D eigenvalue weighted by Gasteiger charge is -2.33. The van der Waals surface area contributed by atoms with E-state index in [0.717, 1.165) is 32.6 Å². The van der Waals surface area contributed by atoms with Gasteiger partial charge in [-0.3, -0.25) is 0 Å². The maximum Gasteiger partial charge on any atom is 0.315 e. The van der Waals surface area contributed by atoms with E-state index in [0.29, 0.717) is 23.9 Å². The summed E-state index contributed by atoms with van der Waals surface area (Å²) in [5.41, 5.74) is 0.729. The van der Waals surface area contributed by atoms with Gasteiger partial charge in [-0.2, -0.15) is 0 Å². The minimum atomic E-state index is -0.259. The first-order chi connectivity index (χ1) is 10.6. The van der Waals surface area contributed by atoms with Crippen LogP contribution in [0.3, 0.4) is 0 Å². The van der Waals surface area contributed by atoms with Crippen LogP contribution >= 0.6 is 0 Å². The van der Waals surface area contributed by atoms with E-state index in [4.69, 9.17) is 9.15 Å². The predicted molar refractivity (Wildman–Crippen MR) is 80.2 cm³/mol. The number of rotatable bonds is 5. The molecule has 0 amide bonds. The Balaban J connectivity index is 1.58. The summed E-state index contributed by atoms with van der Waals surface area (Å²) in [5, 5.41) is 11.1. The van der Waals surface area contributed by atoms with Crippen LogP contribution in [0.15, 0.2) is 28.7 Å². The molecule has 1 N–H and O–H groups in total. The maximum atomic E-state index is 13.6. The molecule has 0 aliphatic carbocycles. The number of ether oxygens (including phenoxy) is 1. The SMILES string of the molecule is CC1(CNc2nnc(Cc3ccccc3F)o2)CCOCC1. The molecule has 1 fully saturated rings. The van der Waals surface area contributed by atoms with Crippen molar-refractivity contribution in [2.75, 3.05) is 25.1 Å². The lowest BCUT2D eigenvalue weighted by molar-refractivity contribution is 0.0298. The Morgan fingerprint density at radius 2 is 2.00 bits per heavy atom. The van der Waals surface area contributed by atoms with Gasteiger partial charge in [0.15, 0.2) is 0 Å². The average molecular weight is 305 g/mol. The maximum absolute atomic E-state index is 13.6. The van der Waals surface area contributed by atoms with Crippen molar-refractivity contribution in [1.29, 1.82) is 0 Å². The fourth-order valence-corrected chi connectivity index (χ4v) is 2.53. The number of hydrogen-bond donors (Lipinski definition) is 1. The van der Waals surface area contributed by atoms with Gasteiger partial charge in [0.1, 0.15) is 5.82 Å². The van der Waals surface area contributed by atoms with Crippen LogP contribution in [0.1, 0.15) is 31.2 Å². The molecule has 1 saturated heterocycles. The van der Waals surface area contributed by atoms with Crippen LogP contribution in [-0.2, 0) is 11.2 Å². The van der Waals surface area contributed by atoms with E-state index in [1.807, 2.05) is 0 Å². The molecule has 1 aromatic heterocycles. The Bertz CT molecular complexity index is 623. The van der Waals surface area contributed by atoms with E-state index in [2.05, 4.69) is 22.4 Å². The fraction of sp³-hybridized carbons (Fsp3) is 0.500. The second kappa shape index (κ2) is 6.44. The molecule has 1 aromatic carbocycles. The summed E-state index contributed by atoms with van der Waals surface area (Å²) in [6.07, 6.45) is 2.32. The molecule has 22 heavy (non-hydrogen) atoms. The highest BCUT2D eigenvalue weighted by Gasteiger charge is 2.27. The van der Waals surface area contributed by atoms with Gasteiger partial charge in [-0.15, -0.1) is 5.10 Å². The third-order valence-corrected chi connectivity index (χ3v) is 4.13. The molecule has 2 heterocycles. The van der Waals surface area contributed by atoms with Gasteiger partial charge >= 0.3 is 6.01 Å². The summed E-state index contributed by atoms with van der Waals surface area (Å²) in [6.45, 7) is 4.57. The molecule has 5 nitrogen and oxygen atoms in total. The molecule has 0 unspecified atom stereocenters. The molecule has 1 aliphatic rings. The van der Waals surface area contributed by atoms with Gasteiger partial charge in [-0.25, -0.2) is 4.39 Å². The van der Waals surface area contributed by atoms with E-state index in [-0.39, 0.29) is 11.2 Å². The molecule has 6 heteroatoms. The van der Waals surface area contributed by atoms with Gasteiger partial charge in [0.05, 0.1) is 6.42 Å². The second-order valence-corrected chi connectivity index (χ2v) is 6.05. The minimum absolute atomic E-state index is 0.179.